The molecule has 3 N–H and O–H groups in total. The molecule has 2 heterocycles. The van der Waals surface area contributed by atoms with Crippen LogP contribution in [0.1, 0.15) is 60.8 Å². The first-order chi connectivity index (χ1) is 20.5. The zero-order chi connectivity index (χ0) is 31.3. The van der Waals surface area contributed by atoms with Crippen LogP contribution in [0, 0.1) is 17.8 Å². The number of carbonyl (C=O) groups excluding carboxylic acids is 3. The average molecular weight is 603 g/mol. The van der Waals surface area contributed by atoms with Crippen LogP contribution in [0.25, 0.3) is 0 Å². The van der Waals surface area contributed by atoms with Crippen LogP contribution in [0.4, 0.5) is 11.4 Å². The number of rotatable bonds is 14. The third kappa shape index (κ3) is 7.87. The first-order valence-corrected chi connectivity index (χ1v) is 15.8. The molecule has 0 radical (unpaired) electrons. The number of hydrogen-bond acceptors (Lipinski definition) is 8. The molecule has 240 valence electrons. The van der Waals surface area contributed by atoms with Gasteiger partial charge in [0.15, 0.2) is 5.60 Å². The quantitative estimate of drug-likeness (QED) is 0.277. The molecule has 3 aliphatic rings. The van der Waals surface area contributed by atoms with E-state index in [9.17, 15) is 19.5 Å². The van der Waals surface area contributed by atoms with Gasteiger partial charge in [0.2, 0.25) is 11.8 Å². The number of fused-ring (bicyclic) bond motifs is 1. The molecule has 1 aromatic rings. The molecule has 0 aromatic heterocycles. The number of carbonyl (C=O) groups is 3. The highest BCUT2D eigenvalue weighted by molar-refractivity contribution is 6.04. The van der Waals surface area contributed by atoms with Gasteiger partial charge in [0.25, 0.3) is 5.91 Å². The van der Waals surface area contributed by atoms with E-state index in [4.69, 9.17) is 14.2 Å². The molecular formula is C32H50N4O7. The molecule has 3 amide bonds. The maximum atomic E-state index is 14.1. The Labute approximate surface area is 255 Å². The minimum atomic E-state index is -1.15. The van der Waals surface area contributed by atoms with Crippen LogP contribution in [-0.2, 0) is 23.9 Å². The van der Waals surface area contributed by atoms with Gasteiger partial charge in [0.05, 0.1) is 42.9 Å². The topological polar surface area (TPSA) is 130 Å². The van der Waals surface area contributed by atoms with Crippen molar-refractivity contribution in [2.45, 2.75) is 84.6 Å². The highest BCUT2D eigenvalue weighted by Gasteiger charge is 2.46. The first kappa shape index (κ1) is 33.2. The van der Waals surface area contributed by atoms with Gasteiger partial charge in [-0.3, -0.25) is 14.4 Å². The van der Waals surface area contributed by atoms with Crippen molar-refractivity contribution < 1.29 is 33.7 Å². The van der Waals surface area contributed by atoms with E-state index in [0.717, 1.165) is 19.3 Å². The number of anilines is 2. The van der Waals surface area contributed by atoms with E-state index >= 15 is 0 Å². The fourth-order valence-electron chi connectivity index (χ4n) is 5.96. The molecule has 4 atom stereocenters. The summed E-state index contributed by atoms with van der Waals surface area (Å²) in [5.41, 5.74) is 0.193. The predicted octanol–water partition coefficient (Wildman–Crippen LogP) is 2.49. The minimum absolute atomic E-state index is 0.0119. The van der Waals surface area contributed by atoms with Crippen LogP contribution in [-0.4, -0.2) is 92.7 Å². The maximum absolute atomic E-state index is 14.1. The molecule has 11 heteroatoms. The summed E-state index contributed by atoms with van der Waals surface area (Å²) in [4.78, 5) is 44.2. The highest BCUT2D eigenvalue weighted by atomic mass is 16.5. The van der Waals surface area contributed by atoms with E-state index in [1.165, 1.54) is 0 Å². The Morgan fingerprint density at radius 1 is 1.16 bits per heavy atom. The number of nitrogens with zero attached hydrogens (tertiary/aromatic N) is 2. The van der Waals surface area contributed by atoms with Crippen molar-refractivity contribution in [1.82, 2.24) is 10.6 Å². The van der Waals surface area contributed by atoms with E-state index < -0.39 is 23.5 Å². The summed E-state index contributed by atoms with van der Waals surface area (Å²) in [6.45, 7) is 14.3. The molecule has 0 bridgehead atoms. The summed E-state index contributed by atoms with van der Waals surface area (Å²) in [5, 5.41) is 17.7. The van der Waals surface area contributed by atoms with Gasteiger partial charge in [-0.25, -0.2) is 0 Å². The largest absolute Gasteiger partial charge is 0.476 e. The number of benzene rings is 1. The zero-order valence-corrected chi connectivity index (χ0v) is 26.6. The Morgan fingerprint density at radius 2 is 1.86 bits per heavy atom. The van der Waals surface area contributed by atoms with Crippen molar-refractivity contribution in [1.29, 1.82) is 0 Å². The summed E-state index contributed by atoms with van der Waals surface area (Å²) in [6, 6.07) is 5.27. The van der Waals surface area contributed by atoms with Crippen LogP contribution in [0.3, 0.4) is 0 Å². The highest BCUT2D eigenvalue weighted by Crippen LogP contribution is 2.43. The van der Waals surface area contributed by atoms with E-state index in [-0.39, 0.29) is 42.9 Å². The molecule has 43 heavy (non-hydrogen) atoms. The standard InChI is InChI=1S/C32H50N4O7/c1-7-41-14-13-35-26-16-23(11-12-27(26)43-32(5,6)31(35)40)36(22-9-10-22)30(39)25-18-33-17-24(28(25)37)29(38)34-21(15-20(3)4)19-42-8-2/h11-12,16,20-22,24-25,28,33,37H,7-10,13-15,17-19H2,1-6H3,(H,34,38)/t21-,24-,25+,28-/m1/s1. The van der Waals surface area contributed by atoms with Crippen LogP contribution in [0.2, 0.25) is 0 Å². The summed E-state index contributed by atoms with van der Waals surface area (Å²) >= 11 is 0. The van der Waals surface area contributed by atoms with Crippen LogP contribution in [0.5, 0.6) is 5.75 Å². The Kier molecular flexibility index (Phi) is 11.1. The SMILES string of the molecule is CCOCCN1C(=O)C(C)(C)Oc2ccc(N(C(=O)[C@H]3CNC[C@@H](C(=O)N[C@@H](COCC)CC(C)C)[C@H]3O)C3CC3)cc21. The monoisotopic (exact) mass is 602 g/mol. The van der Waals surface area contributed by atoms with E-state index in [1.54, 1.807) is 29.7 Å². The van der Waals surface area contributed by atoms with Gasteiger partial charge in [-0.2, -0.15) is 0 Å². The number of amides is 3. The van der Waals surface area contributed by atoms with Crippen molar-refractivity contribution in [3.05, 3.63) is 18.2 Å². The van der Waals surface area contributed by atoms with Gasteiger partial charge in [-0.15, -0.1) is 0 Å². The molecule has 11 nitrogen and oxygen atoms in total. The Morgan fingerprint density at radius 3 is 2.51 bits per heavy atom. The lowest BCUT2D eigenvalue weighted by molar-refractivity contribution is -0.137. The lowest BCUT2D eigenvalue weighted by atomic mass is 9.85. The normalized spacial score (nSPS) is 23.9. The molecule has 0 spiro atoms. The average Bonchev–Trinajstić information content (AvgIpc) is 3.79. The van der Waals surface area contributed by atoms with Crippen molar-refractivity contribution in [2.75, 3.05) is 55.9 Å². The van der Waals surface area contributed by atoms with Crippen molar-refractivity contribution in [3.8, 4) is 5.75 Å². The van der Waals surface area contributed by atoms with Gasteiger partial charge in [0.1, 0.15) is 5.75 Å². The van der Waals surface area contributed by atoms with Crippen LogP contribution in [0.15, 0.2) is 18.2 Å². The van der Waals surface area contributed by atoms with Crippen LogP contribution >= 0.6 is 0 Å². The smallest absolute Gasteiger partial charge is 0.270 e. The fraction of sp³-hybridized carbons (Fsp3) is 0.719. The number of ether oxygens (including phenoxy) is 3. The molecule has 2 fully saturated rings. The summed E-state index contributed by atoms with van der Waals surface area (Å²) in [5.74, 6) is -1.35. The molecule has 1 saturated carbocycles. The molecule has 2 aliphatic heterocycles. The summed E-state index contributed by atoms with van der Waals surface area (Å²) in [6.07, 6.45) is 1.29. The molecule has 0 unspecified atom stereocenters. The third-order valence-corrected chi connectivity index (χ3v) is 8.28. The van der Waals surface area contributed by atoms with Crippen molar-refractivity contribution >= 4 is 29.1 Å². The van der Waals surface area contributed by atoms with Gasteiger partial charge in [-0.05, 0) is 71.1 Å². The second-order valence-corrected chi connectivity index (χ2v) is 12.7. The Bertz CT molecular complexity index is 1140. The molecule has 1 saturated heterocycles. The minimum Gasteiger partial charge on any atom is -0.476 e. The predicted molar refractivity (Wildman–Crippen MR) is 164 cm³/mol. The second-order valence-electron chi connectivity index (χ2n) is 12.7. The number of piperidine rings is 1. The number of nitrogens with one attached hydrogen (secondary N) is 2. The molecule has 4 rings (SSSR count). The molecule has 1 aliphatic carbocycles. The van der Waals surface area contributed by atoms with Crippen molar-refractivity contribution in [2.24, 2.45) is 17.8 Å². The lowest BCUT2D eigenvalue weighted by Gasteiger charge is -2.40. The first-order valence-electron chi connectivity index (χ1n) is 15.8. The number of hydrogen-bond donors (Lipinski definition) is 3. The van der Waals surface area contributed by atoms with E-state index in [0.29, 0.717) is 56.0 Å². The Balaban J connectivity index is 1.55. The van der Waals surface area contributed by atoms with E-state index in [2.05, 4.69) is 24.5 Å². The molecular weight excluding hydrogens is 552 g/mol. The Hall–Kier alpha value is -2.73. The van der Waals surface area contributed by atoms with Crippen LogP contribution < -0.4 is 25.2 Å². The van der Waals surface area contributed by atoms with Crippen molar-refractivity contribution in [3.63, 3.8) is 0 Å². The zero-order valence-electron chi connectivity index (χ0n) is 26.6. The molecule has 1 aromatic carbocycles. The maximum Gasteiger partial charge on any atom is 0.270 e. The van der Waals surface area contributed by atoms with Gasteiger partial charge < -0.3 is 39.8 Å². The summed E-state index contributed by atoms with van der Waals surface area (Å²) < 4.78 is 17.2. The van der Waals surface area contributed by atoms with Gasteiger partial charge in [-0.1, -0.05) is 13.8 Å². The van der Waals surface area contributed by atoms with Gasteiger partial charge in [0, 0.05) is 44.6 Å². The number of aliphatic hydroxyl groups is 1. The lowest BCUT2D eigenvalue weighted by Crippen LogP contribution is -2.59. The number of aliphatic hydroxyl groups excluding tert-OH is 1. The van der Waals surface area contributed by atoms with E-state index in [1.807, 2.05) is 26.0 Å². The second kappa shape index (κ2) is 14.4. The fourth-order valence-corrected chi connectivity index (χ4v) is 5.96. The third-order valence-electron chi connectivity index (χ3n) is 8.28. The summed E-state index contributed by atoms with van der Waals surface area (Å²) in [7, 11) is 0. The van der Waals surface area contributed by atoms with Gasteiger partial charge >= 0.3 is 0 Å².